The van der Waals surface area contributed by atoms with Gasteiger partial charge in [0.2, 0.25) is 15.9 Å². The number of sulfonamides is 1. The van der Waals surface area contributed by atoms with Crippen LogP contribution in [0.4, 0.5) is 0 Å². The van der Waals surface area contributed by atoms with Gasteiger partial charge in [0.15, 0.2) is 0 Å². The summed E-state index contributed by atoms with van der Waals surface area (Å²) in [6, 6.07) is 2.91. The molecule has 1 atom stereocenters. The summed E-state index contributed by atoms with van der Waals surface area (Å²) in [6.07, 6.45) is 2.83. The van der Waals surface area contributed by atoms with Crippen LogP contribution in [0.3, 0.4) is 0 Å². The molecule has 0 spiro atoms. The van der Waals surface area contributed by atoms with E-state index in [-0.39, 0.29) is 54.6 Å². The Morgan fingerprint density at radius 2 is 2.09 bits per heavy atom. The van der Waals surface area contributed by atoms with Crippen molar-refractivity contribution in [2.45, 2.75) is 24.3 Å². The Morgan fingerprint density at radius 3 is 2.59 bits per heavy atom. The number of amides is 1. The first-order valence-corrected chi connectivity index (χ1v) is 7.72. The minimum absolute atomic E-state index is 0. The molecule has 1 rings (SSSR count). The van der Waals surface area contributed by atoms with Crippen molar-refractivity contribution in [3.8, 4) is 0 Å². The van der Waals surface area contributed by atoms with E-state index in [0.29, 0.717) is 6.54 Å². The van der Waals surface area contributed by atoms with E-state index in [2.05, 4.69) is 9.71 Å². The number of aromatic nitrogens is 1. The van der Waals surface area contributed by atoms with Gasteiger partial charge >= 0.3 is 0 Å². The lowest BCUT2D eigenvalue weighted by Crippen LogP contribution is -2.41. The maximum Gasteiger partial charge on any atom is 0.242 e. The van der Waals surface area contributed by atoms with Gasteiger partial charge in [-0.1, -0.05) is 0 Å². The lowest BCUT2D eigenvalue weighted by Gasteiger charge is -2.23. The van der Waals surface area contributed by atoms with E-state index in [1.54, 1.807) is 7.05 Å². The van der Waals surface area contributed by atoms with Gasteiger partial charge in [0.25, 0.3) is 0 Å². The van der Waals surface area contributed by atoms with Crippen molar-refractivity contribution in [2.24, 2.45) is 5.73 Å². The van der Waals surface area contributed by atoms with Gasteiger partial charge in [-0.3, -0.25) is 9.78 Å². The summed E-state index contributed by atoms with van der Waals surface area (Å²) in [7, 11) is -1.97. The number of nitrogens with zero attached hydrogens (tertiary/aromatic N) is 2. The van der Waals surface area contributed by atoms with Crippen LogP contribution < -0.4 is 10.5 Å². The zero-order valence-corrected chi connectivity index (χ0v) is 14.9. The predicted molar refractivity (Wildman–Crippen MR) is 89.8 cm³/mol. The van der Waals surface area contributed by atoms with Crippen molar-refractivity contribution >= 4 is 40.7 Å². The number of nitrogens with one attached hydrogen (secondary N) is 1. The number of carbonyl (C=O) groups is 1. The molecule has 1 aromatic rings. The number of pyridine rings is 1. The van der Waals surface area contributed by atoms with Crippen LogP contribution in [0.2, 0.25) is 0 Å². The summed E-state index contributed by atoms with van der Waals surface area (Å²) in [6.45, 7) is 2.24. The van der Waals surface area contributed by atoms with Gasteiger partial charge < -0.3 is 10.6 Å². The summed E-state index contributed by atoms with van der Waals surface area (Å²) >= 11 is 0. The Balaban J connectivity index is 0. The number of hydrogen-bond donors (Lipinski definition) is 2. The second-order valence-electron chi connectivity index (χ2n) is 4.43. The number of hydrogen-bond acceptors (Lipinski definition) is 5. The maximum atomic E-state index is 11.9. The maximum absolute atomic E-state index is 11.9. The Morgan fingerprint density at radius 1 is 1.45 bits per heavy atom. The lowest BCUT2D eigenvalue weighted by molar-refractivity contribution is -0.131. The molecule has 0 saturated heterocycles. The van der Waals surface area contributed by atoms with Crippen molar-refractivity contribution in [3.63, 3.8) is 0 Å². The number of carbonyl (C=O) groups excluding carboxylic acids is 1. The van der Waals surface area contributed by atoms with Crippen LogP contribution in [0.1, 0.15) is 13.3 Å². The summed E-state index contributed by atoms with van der Waals surface area (Å²) < 4.78 is 26.1. The summed E-state index contributed by atoms with van der Waals surface area (Å²) in [5, 5.41) is 0. The Bertz CT molecular complexity index is 543. The van der Waals surface area contributed by atoms with Gasteiger partial charge in [-0.05, 0) is 19.1 Å². The van der Waals surface area contributed by atoms with Crippen molar-refractivity contribution in [2.75, 3.05) is 20.1 Å². The van der Waals surface area contributed by atoms with Crippen molar-refractivity contribution in [3.05, 3.63) is 24.5 Å². The van der Waals surface area contributed by atoms with Crippen molar-refractivity contribution in [1.29, 1.82) is 0 Å². The molecule has 10 heteroatoms. The molecule has 1 unspecified atom stereocenters. The fourth-order valence-corrected chi connectivity index (χ4v) is 2.46. The highest BCUT2D eigenvalue weighted by molar-refractivity contribution is 7.89. The van der Waals surface area contributed by atoms with E-state index in [9.17, 15) is 13.2 Å². The predicted octanol–water partition coefficient (Wildman–Crippen LogP) is 0.399. The number of nitrogens with two attached hydrogens (primary N) is 1. The minimum atomic E-state index is -3.62. The van der Waals surface area contributed by atoms with Crippen molar-refractivity contribution in [1.82, 2.24) is 14.6 Å². The third kappa shape index (κ3) is 6.89. The van der Waals surface area contributed by atoms with Crippen LogP contribution in [0, 0.1) is 0 Å². The molecule has 22 heavy (non-hydrogen) atoms. The highest BCUT2D eigenvalue weighted by Gasteiger charge is 2.17. The van der Waals surface area contributed by atoms with Gasteiger partial charge in [0.1, 0.15) is 4.90 Å². The molecule has 0 aliphatic rings. The largest absolute Gasteiger partial charge is 0.342 e. The summed E-state index contributed by atoms with van der Waals surface area (Å²) in [4.78, 5) is 17.1. The van der Waals surface area contributed by atoms with Gasteiger partial charge in [-0.25, -0.2) is 13.1 Å². The van der Waals surface area contributed by atoms with Crippen LogP contribution in [0.15, 0.2) is 29.4 Å². The molecule has 0 bridgehead atoms. The Labute approximate surface area is 143 Å². The molecule has 0 saturated carbocycles. The first kappa shape index (κ1) is 23.3. The average Bonchev–Trinajstić information content (AvgIpc) is 2.46. The molecule has 7 nitrogen and oxygen atoms in total. The molecule has 128 valence electrons. The van der Waals surface area contributed by atoms with E-state index < -0.39 is 10.0 Å². The number of rotatable bonds is 7. The minimum Gasteiger partial charge on any atom is -0.342 e. The molecule has 0 fully saturated rings. The fraction of sp³-hybridized carbons (Fsp3) is 0.500. The monoisotopic (exact) mass is 372 g/mol. The van der Waals surface area contributed by atoms with E-state index in [1.165, 1.54) is 29.4 Å². The smallest absolute Gasteiger partial charge is 0.242 e. The molecule has 0 aliphatic heterocycles. The number of likely N-dealkylation sites (N-methyl/N-ethyl adjacent to an activating group) is 1. The SMILES string of the molecule is CC(CN)N(C)C(=O)CCNS(=O)(=O)c1cccnc1.Cl.Cl. The van der Waals surface area contributed by atoms with Crippen LogP contribution in [0.5, 0.6) is 0 Å². The molecule has 0 radical (unpaired) electrons. The molecular formula is C12H22Cl2N4O3S. The molecule has 0 aliphatic carbocycles. The van der Waals surface area contributed by atoms with Crippen molar-refractivity contribution < 1.29 is 13.2 Å². The zero-order chi connectivity index (χ0) is 15.2. The standard InChI is InChI=1S/C12H20N4O3S.2ClH/c1-10(8-13)16(2)12(17)5-7-15-20(18,19)11-4-3-6-14-9-11;;/h3-4,6,9-10,15H,5,7-8,13H2,1-2H3;2*1H. The summed E-state index contributed by atoms with van der Waals surface area (Å²) in [5.74, 6) is -0.156. The van der Waals surface area contributed by atoms with E-state index in [1.807, 2.05) is 6.92 Å². The van der Waals surface area contributed by atoms with Gasteiger partial charge in [0.05, 0.1) is 0 Å². The normalized spacial score (nSPS) is 11.8. The molecule has 0 aromatic carbocycles. The van der Waals surface area contributed by atoms with E-state index in [4.69, 9.17) is 5.73 Å². The van der Waals surface area contributed by atoms with Crippen LogP contribution in [-0.4, -0.2) is 50.4 Å². The molecule has 1 heterocycles. The topological polar surface area (TPSA) is 105 Å². The second-order valence-corrected chi connectivity index (χ2v) is 6.19. The molecular weight excluding hydrogens is 351 g/mol. The molecule has 1 aromatic heterocycles. The first-order chi connectivity index (χ1) is 9.38. The van der Waals surface area contributed by atoms with Gasteiger partial charge in [-0.2, -0.15) is 0 Å². The third-order valence-electron chi connectivity index (χ3n) is 2.97. The quantitative estimate of drug-likeness (QED) is 0.720. The fourth-order valence-electron chi connectivity index (χ4n) is 1.46. The summed E-state index contributed by atoms with van der Waals surface area (Å²) in [5.41, 5.74) is 5.47. The van der Waals surface area contributed by atoms with Gasteiger partial charge in [-0.15, -0.1) is 24.8 Å². The first-order valence-electron chi connectivity index (χ1n) is 6.24. The molecule has 1 amide bonds. The van der Waals surface area contributed by atoms with Crippen LogP contribution in [-0.2, 0) is 14.8 Å². The zero-order valence-electron chi connectivity index (χ0n) is 12.4. The number of halogens is 2. The van der Waals surface area contributed by atoms with Gasteiger partial charge in [0, 0.05) is 45.0 Å². The average molecular weight is 373 g/mol. The Kier molecular flexibility index (Phi) is 11.4. The van der Waals surface area contributed by atoms with E-state index in [0.717, 1.165) is 0 Å². The highest BCUT2D eigenvalue weighted by Crippen LogP contribution is 2.05. The third-order valence-corrected chi connectivity index (χ3v) is 4.42. The van der Waals surface area contributed by atoms with Crippen LogP contribution in [0.25, 0.3) is 0 Å². The van der Waals surface area contributed by atoms with E-state index >= 15 is 0 Å². The highest BCUT2D eigenvalue weighted by atomic mass is 35.5. The molecule has 3 N–H and O–H groups in total. The second kappa shape index (κ2) is 10.7. The lowest BCUT2D eigenvalue weighted by atomic mass is 10.2. The Hall–Kier alpha value is -0.930. The van der Waals surface area contributed by atoms with Crippen LogP contribution >= 0.6 is 24.8 Å².